The maximum absolute atomic E-state index is 13.4. The minimum atomic E-state index is -1.08. The number of ether oxygens (including phenoxy) is 2. The molecule has 0 bridgehead atoms. The third-order valence-corrected chi connectivity index (χ3v) is 5.42. The van der Waals surface area contributed by atoms with Crippen molar-refractivity contribution in [3.05, 3.63) is 71.8 Å². The molecule has 0 unspecified atom stereocenters. The van der Waals surface area contributed by atoms with Crippen molar-refractivity contribution in [1.82, 2.24) is 20.1 Å². The van der Waals surface area contributed by atoms with Crippen molar-refractivity contribution in [2.24, 2.45) is 0 Å². The lowest BCUT2D eigenvalue weighted by molar-refractivity contribution is -0.144. The summed E-state index contributed by atoms with van der Waals surface area (Å²) in [6, 6.07) is 15.6. The molecular formula is C24H25N5O5. The molecule has 1 aliphatic rings. The third-order valence-electron chi connectivity index (χ3n) is 5.42. The van der Waals surface area contributed by atoms with Crippen LogP contribution in [0.2, 0.25) is 0 Å². The highest BCUT2D eigenvalue weighted by atomic mass is 16.5. The Labute approximate surface area is 196 Å². The Bertz CT molecular complexity index is 1180. The van der Waals surface area contributed by atoms with Gasteiger partial charge >= 0.3 is 5.97 Å². The Morgan fingerprint density at radius 2 is 1.91 bits per heavy atom. The molecule has 0 fully saturated rings. The van der Waals surface area contributed by atoms with Crippen molar-refractivity contribution in [1.29, 1.82) is 0 Å². The molecule has 1 atom stereocenters. The van der Waals surface area contributed by atoms with E-state index in [4.69, 9.17) is 9.47 Å². The van der Waals surface area contributed by atoms with Gasteiger partial charge in [0, 0.05) is 13.5 Å². The predicted molar refractivity (Wildman–Crippen MR) is 122 cm³/mol. The van der Waals surface area contributed by atoms with E-state index in [9.17, 15) is 14.4 Å². The number of nitrogens with zero attached hydrogens (tertiary/aromatic N) is 4. The zero-order valence-electron chi connectivity index (χ0n) is 18.9. The number of esters is 1. The summed E-state index contributed by atoms with van der Waals surface area (Å²) in [6.45, 7) is 1.23. The third kappa shape index (κ3) is 4.90. The first-order chi connectivity index (χ1) is 16.5. The van der Waals surface area contributed by atoms with Crippen LogP contribution in [0.3, 0.4) is 0 Å². The first-order valence-electron chi connectivity index (χ1n) is 10.9. The first kappa shape index (κ1) is 23.0. The molecule has 34 heavy (non-hydrogen) atoms. The molecule has 0 spiro atoms. The lowest BCUT2D eigenvalue weighted by atomic mass is 10.1. The highest BCUT2D eigenvalue weighted by molar-refractivity contribution is 6.03. The van der Waals surface area contributed by atoms with E-state index in [1.807, 2.05) is 30.3 Å². The fourth-order valence-corrected chi connectivity index (χ4v) is 3.72. The van der Waals surface area contributed by atoms with Gasteiger partial charge in [-0.25, -0.2) is 4.98 Å². The van der Waals surface area contributed by atoms with Crippen LogP contribution in [0.5, 0.6) is 5.75 Å². The number of fused-ring (bicyclic) bond motifs is 1. The number of para-hydroxylation sites is 2. The number of carbonyl (C=O) groups excluding carboxylic acids is 3. The van der Waals surface area contributed by atoms with Gasteiger partial charge in [-0.1, -0.05) is 42.5 Å². The molecule has 0 aliphatic carbocycles. The summed E-state index contributed by atoms with van der Waals surface area (Å²) in [4.78, 5) is 45.9. The second-order valence-electron chi connectivity index (χ2n) is 7.70. The van der Waals surface area contributed by atoms with E-state index < -0.39 is 30.4 Å². The van der Waals surface area contributed by atoms with Crippen LogP contribution in [-0.4, -0.2) is 70.7 Å². The van der Waals surface area contributed by atoms with Crippen molar-refractivity contribution >= 4 is 23.5 Å². The van der Waals surface area contributed by atoms with Crippen LogP contribution in [0.25, 0.3) is 0 Å². The number of rotatable bonds is 7. The summed E-state index contributed by atoms with van der Waals surface area (Å²) in [5.74, 6) is -0.876. The van der Waals surface area contributed by atoms with Crippen LogP contribution < -0.4 is 9.64 Å². The lowest BCUT2D eigenvalue weighted by Crippen LogP contribution is -2.54. The number of carbonyl (C=O) groups is 3. The summed E-state index contributed by atoms with van der Waals surface area (Å²) in [5.41, 5.74) is 1.56. The Hall–Kier alpha value is -4.21. The zero-order chi connectivity index (χ0) is 24.1. The maximum atomic E-state index is 13.4. The van der Waals surface area contributed by atoms with Gasteiger partial charge in [-0.3, -0.25) is 19.5 Å². The van der Waals surface area contributed by atoms with Crippen LogP contribution in [-0.2, 0) is 20.7 Å². The molecule has 10 heteroatoms. The summed E-state index contributed by atoms with van der Waals surface area (Å²) < 4.78 is 10.9. The van der Waals surface area contributed by atoms with Gasteiger partial charge in [0.2, 0.25) is 5.82 Å². The van der Waals surface area contributed by atoms with E-state index in [2.05, 4.69) is 15.2 Å². The fourth-order valence-electron chi connectivity index (χ4n) is 3.72. The molecule has 1 N–H and O–H groups in total. The van der Waals surface area contributed by atoms with Crippen LogP contribution in [0, 0.1) is 0 Å². The summed E-state index contributed by atoms with van der Waals surface area (Å²) in [5, 5.41) is 6.81. The van der Waals surface area contributed by atoms with Crippen molar-refractivity contribution in [3.8, 4) is 5.75 Å². The molecule has 176 valence electrons. The standard InChI is InChI=1S/C24H25N5O5/c1-3-33-21(30)14-29(18-15-34-19-12-8-7-11-17(19)28(2)23(18)31)24(32)22-25-20(26-27-22)13-16-9-5-4-6-10-16/h4-12,18H,3,13-15H2,1-2H3,(H,25,26,27)/t18-/m0/s1. The molecule has 1 aliphatic heterocycles. The quantitative estimate of drug-likeness (QED) is 0.531. The van der Waals surface area contributed by atoms with E-state index >= 15 is 0 Å². The monoisotopic (exact) mass is 463 g/mol. The van der Waals surface area contributed by atoms with Gasteiger partial charge in [0.15, 0.2) is 0 Å². The molecule has 2 amide bonds. The van der Waals surface area contributed by atoms with E-state index in [0.29, 0.717) is 23.7 Å². The van der Waals surface area contributed by atoms with Crippen LogP contribution in [0.15, 0.2) is 54.6 Å². The van der Waals surface area contributed by atoms with Gasteiger partial charge in [-0.15, -0.1) is 5.10 Å². The highest BCUT2D eigenvalue weighted by Gasteiger charge is 2.39. The number of aromatic nitrogens is 3. The van der Waals surface area contributed by atoms with Gasteiger partial charge < -0.3 is 19.3 Å². The summed E-state index contributed by atoms with van der Waals surface area (Å²) in [7, 11) is 1.60. The molecule has 4 rings (SSSR count). The molecule has 0 radical (unpaired) electrons. The normalized spacial score (nSPS) is 15.2. The minimum Gasteiger partial charge on any atom is -0.489 e. The lowest BCUT2D eigenvalue weighted by Gasteiger charge is -2.29. The number of hydrogen-bond acceptors (Lipinski definition) is 7. The van der Waals surface area contributed by atoms with Crippen LogP contribution in [0.4, 0.5) is 5.69 Å². The second kappa shape index (κ2) is 10.2. The Kier molecular flexibility index (Phi) is 6.86. The number of H-pyrrole nitrogens is 1. The zero-order valence-corrected chi connectivity index (χ0v) is 18.9. The smallest absolute Gasteiger partial charge is 0.325 e. The number of nitrogens with one attached hydrogen (secondary N) is 1. The molecular weight excluding hydrogens is 438 g/mol. The minimum absolute atomic E-state index is 0.132. The molecule has 0 saturated heterocycles. The first-order valence-corrected chi connectivity index (χ1v) is 10.9. The average molecular weight is 463 g/mol. The molecule has 2 heterocycles. The molecule has 0 saturated carbocycles. The Morgan fingerprint density at radius 3 is 2.68 bits per heavy atom. The highest BCUT2D eigenvalue weighted by Crippen LogP contribution is 2.31. The van der Waals surface area contributed by atoms with Gasteiger partial charge in [-0.2, -0.15) is 0 Å². The van der Waals surface area contributed by atoms with Crippen molar-refractivity contribution in [3.63, 3.8) is 0 Å². The van der Waals surface area contributed by atoms with Gasteiger partial charge in [-0.05, 0) is 24.6 Å². The van der Waals surface area contributed by atoms with Crippen LogP contribution in [0.1, 0.15) is 28.9 Å². The Morgan fingerprint density at radius 1 is 1.18 bits per heavy atom. The number of amides is 2. The topological polar surface area (TPSA) is 118 Å². The van der Waals surface area contributed by atoms with Crippen molar-refractivity contribution in [2.45, 2.75) is 19.4 Å². The SMILES string of the molecule is CCOC(=O)CN(C(=O)c1n[nH]c(Cc2ccccc2)n1)[C@H]1COc2ccccc2N(C)C1=O. The van der Waals surface area contributed by atoms with Crippen molar-refractivity contribution < 1.29 is 23.9 Å². The maximum Gasteiger partial charge on any atom is 0.325 e. The summed E-state index contributed by atoms with van der Waals surface area (Å²) in [6.07, 6.45) is 0.447. The summed E-state index contributed by atoms with van der Waals surface area (Å²) >= 11 is 0. The van der Waals surface area contributed by atoms with Gasteiger partial charge in [0.25, 0.3) is 11.8 Å². The van der Waals surface area contributed by atoms with E-state index in [-0.39, 0.29) is 19.0 Å². The molecule has 3 aromatic rings. The van der Waals surface area contributed by atoms with E-state index in [1.165, 1.54) is 4.90 Å². The Balaban J connectivity index is 1.60. The van der Waals surface area contributed by atoms with Gasteiger partial charge in [0.05, 0.1) is 12.3 Å². The van der Waals surface area contributed by atoms with Crippen LogP contribution >= 0.6 is 0 Å². The predicted octanol–water partition coefficient (Wildman–Crippen LogP) is 1.82. The van der Waals surface area contributed by atoms with Gasteiger partial charge in [0.1, 0.15) is 30.8 Å². The molecule has 10 nitrogen and oxygen atoms in total. The number of aromatic amines is 1. The molecule has 1 aromatic heterocycles. The number of anilines is 1. The van der Waals surface area contributed by atoms with E-state index in [0.717, 1.165) is 10.5 Å². The molecule has 2 aromatic carbocycles. The number of likely N-dealkylation sites (N-methyl/N-ethyl adjacent to an activating group) is 1. The largest absolute Gasteiger partial charge is 0.489 e. The van der Waals surface area contributed by atoms with E-state index in [1.54, 1.807) is 38.2 Å². The fraction of sp³-hybridized carbons (Fsp3) is 0.292. The number of benzene rings is 2. The second-order valence-corrected chi connectivity index (χ2v) is 7.70. The number of hydrogen-bond donors (Lipinski definition) is 1. The van der Waals surface area contributed by atoms with Crippen molar-refractivity contribution in [2.75, 3.05) is 31.7 Å². The average Bonchev–Trinajstić information content (AvgIpc) is 3.27.